The Bertz CT molecular complexity index is 650. The van der Waals surface area contributed by atoms with E-state index in [1.165, 1.54) is 11.3 Å². The maximum Gasteiger partial charge on any atom is 0.308 e. The highest BCUT2D eigenvalue weighted by molar-refractivity contribution is 7.13. The van der Waals surface area contributed by atoms with E-state index in [2.05, 4.69) is 4.98 Å². The Kier molecular flexibility index (Phi) is 3.74. The Hall–Kier alpha value is -2.15. The number of hydrogen-bond donors (Lipinski definition) is 1. The van der Waals surface area contributed by atoms with Crippen molar-refractivity contribution in [3.63, 3.8) is 0 Å². The fourth-order valence-electron chi connectivity index (χ4n) is 2.36. The van der Waals surface area contributed by atoms with Gasteiger partial charge in [-0.1, -0.05) is 0 Å². The maximum absolute atomic E-state index is 12.2. The third kappa shape index (κ3) is 2.97. The van der Waals surface area contributed by atoms with Gasteiger partial charge < -0.3 is 14.4 Å². The average Bonchev–Trinajstić information content (AvgIpc) is 3.19. The van der Waals surface area contributed by atoms with Crippen molar-refractivity contribution in [1.29, 1.82) is 0 Å². The predicted octanol–water partition coefficient (Wildman–Crippen LogP) is 1.88. The van der Waals surface area contributed by atoms with Crippen molar-refractivity contribution in [3.8, 4) is 10.8 Å². The lowest BCUT2D eigenvalue weighted by molar-refractivity contribution is -0.141. The largest absolute Gasteiger partial charge is 0.481 e. The van der Waals surface area contributed by atoms with E-state index < -0.39 is 11.9 Å². The van der Waals surface area contributed by atoms with Crippen LogP contribution in [0.4, 0.5) is 0 Å². The summed E-state index contributed by atoms with van der Waals surface area (Å²) in [6.45, 7) is 0.800. The van der Waals surface area contributed by atoms with Crippen molar-refractivity contribution in [2.75, 3.05) is 13.1 Å². The van der Waals surface area contributed by atoms with Gasteiger partial charge in [-0.05, 0) is 18.6 Å². The summed E-state index contributed by atoms with van der Waals surface area (Å²) >= 11 is 1.43. The summed E-state index contributed by atoms with van der Waals surface area (Å²) < 4.78 is 5.27. The molecule has 0 bridgehead atoms. The number of carboxylic acids is 1. The fourth-order valence-corrected chi connectivity index (χ4v) is 3.14. The van der Waals surface area contributed by atoms with Crippen molar-refractivity contribution in [2.45, 2.75) is 12.8 Å². The van der Waals surface area contributed by atoms with Crippen LogP contribution < -0.4 is 0 Å². The Morgan fingerprint density at radius 2 is 2.38 bits per heavy atom. The molecule has 1 aliphatic rings. The van der Waals surface area contributed by atoms with E-state index >= 15 is 0 Å². The molecule has 0 aliphatic carbocycles. The lowest BCUT2D eigenvalue weighted by Crippen LogP contribution is -2.31. The molecule has 0 spiro atoms. The second-order valence-corrected chi connectivity index (χ2v) is 5.82. The highest BCUT2D eigenvalue weighted by Gasteiger charge is 2.30. The number of aliphatic carboxylic acids is 1. The highest BCUT2D eigenvalue weighted by Crippen LogP contribution is 2.25. The molecule has 0 radical (unpaired) electrons. The summed E-state index contributed by atoms with van der Waals surface area (Å²) in [4.78, 5) is 29.0. The predicted molar refractivity (Wildman–Crippen MR) is 75.8 cm³/mol. The molecule has 3 rings (SSSR count). The number of likely N-dealkylation sites (tertiary alicyclic amines) is 1. The molecule has 21 heavy (non-hydrogen) atoms. The van der Waals surface area contributed by atoms with Crippen molar-refractivity contribution in [3.05, 3.63) is 29.5 Å². The molecule has 3 heterocycles. The molecule has 1 fully saturated rings. The number of thiazole rings is 1. The molecule has 0 aromatic carbocycles. The molecular formula is C14H14N2O4S. The zero-order chi connectivity index (χ0) is 14.8. The molecule has 1 aliphatic heterocycles. The number of rotatable bonds is 4. The second kappa shape index (κ2) is 5.69. The monoisotopic (exact) mass is 306 g/mol. The van der Waals surface area contributed by atoms with Gasteiger partial charge in [0.2, 0.25) is 5.91 Å². The van der Waals surface area contributed by atoms with Crippen LogP contribution in [0.25, 0.3) is 10.8 Å². The van der Waals surface area contributed by atoms with Gasteiger partial charge in [0.25, 0.3) is 0 Å². The highest BCUT2D eigenvalue weighted by atomic mass is 32.1. The molecule has 1 amide bonds. The van der Waals surface area contributed by atoms with Crippen LogP contribution in [0.3, 0.4) is 0 Å². The van der Waals surface area contributed by atoms with Gasteiger partial charge in [-0.3, -0.25) is 9.59 Å². The quantitative estimate of drug-likeness (QED) is 0.932. The Morgan fingerprint density at radius 3 is 3.05 bits per heavy atom. The molecule has 1 atom stereocenters. The lowest BCUT2D eigenvalue weighted by atomic mass is 10.1. The number of aromatic nitrogens is 1. The summed E-state index contributed by atoms with van der Waals surface area (Å²) in [6, 6.07) is 3.61. The van der Waals surface area contributed by atoms with E-state index in [0.717, 1.165) is 5.01 Å². The number of carbonyl (C=O) groups is 2. The first-order valence-corrected chi connectivity index (χ1v) is 7.50. The Labute approximate surface area is 125 Å². The van der Waals surface area contributed by atoms with Crippen molar-refractivity contribution >= 4 is 23.2 Å². The molecular weight excluding hydrogens is 292 g/mol. The topological polar surface area (TPSA) is 83.6 Å². The number of amides is 1. The van der Waals surface area contributed by atoms with Crippen LogP contribution in [0.5, 0.6) is 0 Å². The number of carbonyl (C=O) groups excluding carboxylic acids is 1. The van der Waals surface area contributed by atoms with Gasteiger partial charge in [-0.15, -0.1) is 11.3 Å². The zero-order valence-electron chi connectivity index (χ0n) is 11.2. The standard InChI is InChI=1S/C14H14N2O4S/c17-12(16-4-3-9(7-16)14(18)19)6-10-8-21-13(15-10)11-2-1-5-20-11/h1-2,5,8-9H,3-4,6-7H2,(H,18,19). The van der Waals surface area contributed by atoms with Crippen LogP contribution in [0.1, 0.15) is 12.1 Å². The number of nitrogens with zero attached hydrogens (tertiary/aromatic N) is 2. The third-order valence-electron chi connectivity index (χ3n) is 3.51. The minimum absolute atomic E-state index is 0.0740. The van der Waals surface area contributed by atoms with Crippen molar-refractivity contribution < 1.29 is 19.1 Å². The molecule has 6 nitrogen and oxygen atoms in total. The molecule has 2 aromatic heterocycles. The molecule has 7 heteroatoms. The first kappa shape index (κ1) is 13.8. The SMILES string of the molecule is O=C(O)C1CCN(C(=O)Cc2csc(-c3ccco3)n2)C1. The Morgan fingerprint density at radius 1 is 1.52 bits per heavy atom. The summed E-state index contributed by atoms with van der Waals surface area (Å²) in [5, 5.41) is 11.5. The van der Waals surface area contributed by atoms with Gasteiger partial charge in [-0.2, -0.15) is 0 Å². The van der Waals surface area contributed by atoms with Gasteiger partial charge in [0.1, 0.15) is 0 Å². The smallest absolute Gasteiger partial charge is 0.308 e. The summed E-state index contributed by atoms with van der Waals surface area (Å²) in [5.74, 6) is -0.664. The van der Waals surface area contributed by atoms with Crippen LogP contribution in [-0.2, 0) is 16.0 Å². The van der Waals surface area contributed by atoms with Gasteiger partial charge in [0.05, 0.1) is 24.3 Å². The summed E-state index contributed by atoms with van der Waals surface area (Å²) in [7, 11) is 0. The lowest BCUT2D eigenvalue weighted by Gasteiger charge is -2.14. The summed E-state index contributed by atoms with van der Waals surface area (Å²) in [5.41, 5.74) is 0.690. The average molecular weight is 306 g/mol. The van der Waals surface area contributed by atoms with Gasteiger partial charge in [0, 0.05) is 18.5 Å². The molecule has 110 valence electrons. The first-order valence-electron chi connectivity index (χ1n) is 6.62. The van der Waals surface area contributed by atoms with Gasteiger partial charge in [-0.25, -0.2) is 4.98 Å². The van der Waals surface area contributed by atoms with Crippen LogP contribution in [0.15, 0.2) is 28.2 Å². The second-order valence-electron chi connectivity index (χ2n) is 4.96. The van der Waals surface area contributed by atoms with Crippen LogP contribution in [0, 0.1) is 5.92 Å². The minimum atomic E-state index is -0.834. The zero-order valence-corrected chi connectivity index (χ0v) is 12.0. The van der Waals surface area contributed by atoms with E-state index in [1.54, 1.807) is 17.2 Å². The molecule has 1 unspecified atom stereocenters. The number of furan rings is 1. The van der Waals surface area contributed by atoms with Crippen molar-refractivity contribution in [1.82, 2.24) is 9.88 Å². The summed E-state index contributed by atoms with van der Waals surface area (Å²) in [6.07, 6.45) is 2.30. The first-order chi connectivity index (χ1) is 10.1. The molecule has 1 saturated heterocycles. The van der Waals surface area contributed by atoms with E-state index in [0.29, 0.717) is 31.0 Å². The van der Waals surface area contributed by atoms with Crippen molar-refractivity contribution in [2.24, 2.45) is 5.92 Å². The third-order valence-corrected chi connectivity index (χ3v) is 4.41. The molecule has 0 saturated carbocycles. The normalized spacial score (nSPS) is 18.1. The number of carboxylic acid groups (broad SMARTS) is 1. The van der Waals surface area contributed by atoms with E-state index in [1.807, 2.05) is 11.4 Å². The van der Waals surface area contributed by atoms with Crippen LogP contribution in [-0.4, -0.2) is 40.0 Å². The van der Waals surface area contributed by atoms with Gasteiger partial charge in [0.15, 0.2) is 10.8 Å². The Balaban J connectivity index is 1.62. The number of hydrogen-bond acceptors (Lipinski definition) is 5. The van der Waals surface area contributed by atoms with E-state index in [4.69, 9.17) is 9.52 Å². The van der Waals surface area contributed by atoms with E-state index in [-0.39, 0.29) is 12.3 Å². The molecule has 2 aromatic rings. The maximum atomic E-state index is 12.2. The van der Waals surface area contributed by atoms with Crippen LogP contribution in [0.2, 0.25) is 0 Å². The fraction of sp³-hybridized carbons (Fsp3) is 0.357. The minimum Gasteiger partial charge on any atom is -0.481 e. The molecule has 1 N–H and O–H groups in total. The van der Waals surface area contributed by atoms with E-state index in [9.17, 15) is 9.59 Å². The van der Waals surface area contributed by atoms with Crippen LogP contribution >= 0.6 is 11.3 Å². The van der Waals surface area contributed by atoms with Gasteiger partial charge >= 0.3 is 5.97 Å².